The highest BCUT2D eigenvalue weighted by atomic mass is 32.2. The molecule has 1 aliphatic rings. The van der Waals surface area contributed by atoms with Gasteiger partial charge >= 0.3 is 0 Å². The fraction of sp³-hybridized carbons (Fsp3) is 0.222. The van der Waals surface area contributed by atoms with Gasteiger partial charge in [0.1, 0.15) is 5.76 Å². The van der Waals surface area contributed by atoms with Crippen molar-refractivity contribution in [1.82, 2.24) is 0 Å². The summed E-state index contributed by atoms with van der Waals surface area (Å²) in [7, 11) is 1.66. The molecule has 1 nitrogen and oxygen atoms in total. The molecule has 1 aliphatic carbocycles. The summed E-state index contributed by atoms with van der Waals surface area (Å²) in [5.74, 6) is 0.863. The van der Waals surface area contributed by atoms with E-state index >= 15 is 0 Å². The van der Waals surface area contributed by atoms with Crippen molar-refractivity contribution in [3.63, 3.8) is 0 Å². The Morgan fingerprint density at radius 2 is 2.27 bits per heavy atom. The summed E-state index contributed by atoms with van der Waals surface area (Å²) < 4.78 is 5.04. The molecular weight excluding hydrogens is 156 g/mol. The lowest BCUT2D eigenvalue weighted by Gasteiger charge is -1.95. The van der Waals surface area contributed by atoms with Gasteiger partial charge in [0.15, 0.2) is 0 Å². The number of ether oxygens (including phenoxy) is 1. The third kappa shape index (κ3) is 2.34. The SMILES string of the molecule is COC1=CC=C=C(SC)C=C1. The maximum absolute atomic E-state index is 5.04. The highest BCUT2D eigenvalue weighted by Gasteiger charge is 1.92. The normalized spacial score (nSPS) is 15.5. The molecular formula is C9H10OS. The number of methoxy groups -OCH3 is 1. The molecule has 0 fully saturated rings. The first-order valence-corrected chi connectivity index (χ1v) is 4.52. The Kier molecular flexibility index (Phi) is 3.09. The zero-order chi connectivity index (χ0) is 8.10. The van der Waals surface area contributed by atoms with Gasteiger partial charge < -0.3 is 4.74 Å². The van der Waals surface area contributed by atoms with Gasteiger partial charge in [0, 0.05) is 4.91 Å². The molecule has 11 heavy (non-hydrogen) atoms. The molecule has 1 rings (SSSR count). The van der Waals surface area contributed by atoms with Crippen molar-refractivity contribution >= 4 is 11.8 Å². The van der Waals surface area contributed by atoms with Crippen molar-refractivity contribution in [1.29, 1.82) is 0 Å². The van der Waals surface area contributed by atoms with Crippen LogP contribution in [0.4, 0.5) is 0 Å². The van der Waals surface area contributed by atoms with E-state index in [0.717, 1.165) is 10.7 Å². The van der Waals surface area contributed by atoms with Crippen molar-refractivity contribution in [2.75, 3.05) is 13.4 Å². The van der Waals surface area contributed by atoms with Gasteiger partial charge in [0.2, 0.25) is 0 Å². The minimum Gasteiger partial charge on any atom is -0.497 e. The topological polar surface area (TPSA) is 9.23 Å². The van der Waals surface area contributed by atoms with Crippen molar-refractivity contribution in [3.8, 4) is 0 Å². The lowest BCUT2D eigenvalue weighted by Crippen LogP contribution is -1.78. The third-order valence-corrected chi connectivity index (χ3v) is 2.02. The van der Waals surface area contributed by atoms with Gasteiger partial charge in [-0.05, 0) is 30.6 Å². The maximum atomic E-state index is 5.04. The quantitative estimate of drug-likeness (QED) is 0.583. The number of hydrogen-bond acceptors (Lipinski definition) is 2. The Labute approximate surface area is 71.1 Å². The van der Waals surface area contributed by atoms with E-state index in [-0.39, 0.29) is 0 Å². The average molecular weight is 166 g/mol. The van der Waals surface area contributed by atoms with E-state index in [9.17, 15) is 0 Å². The lowest BCUT2D eigenvalue weighted by atomic mass is 10.4. The first-order chi connectivity index (χ1) is 5.36. The van der Waals surface area contributed by atoms with Crippen LogP contribution in [-0.2, 0) is 4.74 Å². The lowest BCUT2D eigenvalue weighted by molar-refractivity contribution is 0.307. The predicted molar refractivity (Wildman–Crippen MR) is 49.3 cm³/mol. The molecule has 0 unspecified atom stereocenters. The zero-order valence-corrected chi connectivity index (χ0v) is 7.44. The molecule has 0 aliphatic heterocycles. The minimum absolute atomic E-state index is 0.863. The number of hydrogen-bond donors (Lipinski definition) is 0. The summed E-state index contributed by atoms with van der Waals surface area (Å²) in [6.07, 6.45) is 9.70. The molecule has 0 bridgehead atoms. The molecule has 58 valence electrons. The molecule has 0 spiro atoms. The van der Waals surface area contributed by atoms with Gasteiger partial charge in [-0.2, -0.15) is 0 Å². The van der Waals surface area contributed by atoms with Crippen molar-refractivity contribution in [2.24, 2.45) is 0 Å². The molecule has 0 heterocycles. The zero-order valence-electron chi connectivity index (χ0n) is 6.63. The van der Waals surface area contributed by atoms with Crippen LogP contribution >= 0.6 is 11.8 Å². The Morgan fingerprint density at radius 3 is 2.91 bits per heavy atom. The molecule has 0 aromatic heterocycles. The van der Waals surface area contributed by atoms with E-state index in [0.29, 0.717) is 0 Å². The minimum atomic E-state index is 0.863. The summed E-state index contributed by atoms with van der Waals surface area (Å²) in [6, 6.07) is 0. The third-order valence-electron chi connectivity index (χ3n) is 1.33. The molecule has 0 aromatic carbocycles. The smallest absolute Gasteiger partial charge is 0.119 e. The van der Waals surface area contributed by atoms with Crippen LogP contribution < -0.4 is 0 Å². The van der Waals surface area contributed by atoms with Crippen molar-refractivity contribution in [2.45, 2.75) is 0 Å². The second kappa shape index (κ2) is 4.12. The first-order valence-electron chi connectivity index (χ1n) is 3.30. The largest absolute Gasteiger partial charge is 0.497 e. The van der Waals surface area contributed by atoms with E-state index in [2.05, 4.69) is 5.73 Å². The van der Waals surface area contributed by atoms with E-state index in [1.807, 2.05) is 30.6 Å². The standard InChI is InChI=1S/C9H10OS/c1-10-8-4-3-5-9(11-2)7-6-8/h3-4,6-7H,1-2H3. The van der Waals surface area contributed by atoms with Crippen LogP contribution in [0.1, 0.15) is 0 Å². The number of thioether (sulfide) groups is 1. The summed E-state index contributed by atoms with van der Waals surface area (Å²) in [6.45, 7) is 0. The molecule has 0 radical (unpaired) electrons. The Hall–Kier alpha value is -0.850. The van der Waals surface area contributed by atoms with Crippen LogP contribution in [0.2, 0.25) is 0 Å². The van der Waals surface area contributed by atoms with Gasteiger partial charge in [0.25, 0.3) is 0 Å². The fourth-order valence-electron chi connectivity index (χ4n) is 0.730. The van der Waals surface area contributed by atoms with Gasteiger partial charge in [-0.1, -0.05) is 0 Å². The Morgan fingerprint density at radius 1 is 1.45 bits per heavy atom. The summed E-state index contributed by atoms with van der Waals surface area (Å²) in [5.41, 5.74) is 3.11. The van der Waals surface area contributed by atoms with E-state index in [4.69, 9.17) is 4.74 Å². The number of allylic oxidation sites excluding steroid dienone is 3. The van der Waals surface area contributed by atoms with Gasteiger partial charge in [-0.15, -0.1) is 17.5 Å². The van der Waals surface area contributed by atoms with Crippen LogP contribution in [-0.4, -0.2) is 13.4 Å². The van der Waals surface area contributed by atoms with Crippen LogP contribution in [0.3, 0.4) is 0 Å². The van der Waals surface area contributed by atoms with Gasteiger partial charge in [-0.25, -0.2) is 0 Å². The molecule has 0 saturated carbocycles. The van der Waals surface area contributed by atoms with Crippen LogP contribution in [0.15, 0.2) is 40.7 Å². The van der Waals surface area contributed by atoms with Crippen molar-refractivity contribution in [3.05, 3.63) is 40.7 Å². The average Bonchev–Trinajstić information content (AvgIpc) is 2.28. The summed E-state index contributed by atoms with van der Waals surface area (Å²) >= 11 is 1.67. The predicted octanol–water partition coefficient (Wildman–Crippen LogP) is 2.49. The second-order valence-electron chi connectivity index (χ2n) is 1.99. The summed E-state index contributed by atoms with van der Waals surface area (Å²) in [5, 5.41) is 0. The van der Waals surface area contributed by atoms with Crippen LogP contribution in [0, 0.1) is 0 Å². The maximum Gasteiger partial charge on any atom is 0.119 e. The second-order valence-corrected chi connectivity index (χ2v) is 2.83. The van der Waals surface area contributed by atoms with Gasteiger partial charge in [-0.3, -0.25) is 0 Å². The molecule has 0 atom stereocenters. The van der Waals surface area contributed by atoms with E-state index in [1.54, 1.807) is 18.9 Å². The Bertz CT molecular complexity index is 255. The van der Waals surface area contributed by atoms with Crippen LogP contribution in [0.25, 0.3) is 0 Å². The number of rotatable bonds is 2. The molecule has 0 saturated heterocycles. The summed E-state index contributed by atoms with van der Waals surface area (Å²) in [4.78, 5) is 1.12. The molecule has 0 aromatic rings. The highest BCUT2D eigenvalue weighted by molar-refractivity contribution is 8.02. The highest BCUT2D eigenvalue weighted by Crippen LogP contribution is 2.14. The molecule has 0 N–H and O–H groups in total. The Balaban J connectivity index is 2.80. The van der Waals surface area contributed by atoms with Gasteiger partial charge in [0.05, 0.1) is 7.11 Å². The van der Waals surface area contributed by atoms with Crippen LogP contribution in [0.5, 0.6) is 0 Å². The van der Waals surface area contributed by atoms with E-state index in [1.165, 1.54) is 0 Å². The monoisotopic (exact) mass is 166 g/mol. The first kappa shape index (κ1) is 8.25. The van der Waals surface area contributed by atoms with Crippen molar-refractivity contribution < 1.29 is 4.74 Å². The van der Waals surface area contributed by atoms with E-state index < -0.39 is 0 Å². The molecule has 0 amide bonds. The molecule has 2 heteroatoms. The fourth-order valence-corrected chi connectivity index (χ4v) is 1.12.